The number of thioether (sulfide) groups is 1. The number of ether oxygens (including phenoxy) is 1. The van der Waals surface area contributed by atoms with E-state index in [1.165, 1.54) is 11.8 Å². The second-order valence-corrected chi connectivity index (χ2v) is 6.69. The van der Waals surface area contributed by atoms with Crippen LogP contribution in [0.4, 0.5) is 5.69 Å². The van der Waals surface area contributed by atoms with Gasteiger partial charge >= 0.3 is 0 Å². The van der Waals surface area contributed by atoms with Crippen LogP contribution in [0.15, 0.2) is 47.4 Å². The van der Waals surface area contributed by atoms with Gasteiger partial charge in [-0.2, -0.15) is 0 Å². The number of rotatable bonds is 5. The number of aryl methyl sites for hydroxylation is 1. The Morgan fingerprint density at radius 2 is 1.95 bits per heavy atom. The Hall–Kier alpha value is -1.65. The average Bonchev–Trinajstić information content (AvgIpc) is 2.51. The number of hydrogen-bond donors (Lipinski definition) is 1. The Morgan fingerprint density at radius 1 is 1.27 bits per heavy atom. The van der Waals surface area contributed by atoms with Crippen molar-refractivity contribution in [2.45, 2.75) is 24.0 Å². The molecule has 0 aromatic heterocycles. The summed E-state index contributed by atoms with van der Waals surface area (Å²) in [6.07, 6.45) is 0. The van der Waals surface area contributed by atoms with E-state index in [1.54, 1.807) is 13.2 Å². The van der Waals surface area contributed by atoms with Crippen molar-refractivity contribution in [2.24, 2.45) is 0 Å². The standard InChI is InChI=1S/C17H18ClNO2S/c1-11-9-15(16(21-3)10-14(11)18)19-17(20)12(2)22-13-7-5-4-6-8-13/h4-10,12H,1-3H3,(H,19,20). The molecule has 0 heterocycles. The summed E-state index contributed by atoms with van der Waals surface area (Å²) in [6.45, 7) is 3.77. The fourth-order valence-electron chi connectivity index (χ4n) is 1.92. The summed E-state index contributed by atoms with van der Waals surface area (Å²) in [6, 6.07) is 13.4. The van der Waals surface area contributed by atoms with Crippen LogP contribution in [-0.4, -0.2) is 18.3 Å². The molecule has 2 aromatic rings. The zero-order valence-corrected chi connectivity index (χ0v) is 14.3. The van der Waals surface area contributed by atoms with Crippen molar-refractivity contribution >= 4 is 35.0 Å². The molecule has 2 aromatic carbocycles. The van der Waals surface area contributed by atoms with E-state index in [1.807, 2.05) is 50.2 Å². The van der Waals surface area contributed by atoms with Crippen LogP contribution in [0.2, 0.25) is 5.02 Å². The molecule has 1 atom stereocenters. The molecule has 0 bridgehead atoms. The maximum atomic E-state index is 12.4. The van der Waals surface area contributed by atoms with Crippen LogP contribution in [0.25, 0.3) is 0 Å². The van der Waals surface area contributed by atoms with Gasteiger partial charge < -0.3 is 10.1 Å². The van der Waals surface area contributed by atoms with Gasteiger partial charge in [-0.15, -0.1) is 11.8 Å². The van der Waals surface area contributed by atoms with E-state index in [0.29, 0.717) is 16.5 Å². The van der Waals surface area contributed by atoms with Crippen LogP contribution in [0.3, 0.4) is 0 Å². The molecular formula is C17H18ClNO2S. The number of amides is 1. The monoisotopic (exact) mass is 335 g/mol. The molecule has 0 saturated carbocycles. The molecule has 0 radical (unpaired) electrons. The highest BCUT2D eigenvalue weighted by Gasteiger charge is 2.17. The van der Waals surface area contributed by atoms with Crippen LogP contribution in [-0.2, 0) is 4.79 Å². The third-order valence-electron chi connectivity index (χ3n) is 3.16. The molecule has 0 aliphatic carbocycles. The lowest BCUT2D eigenvalue weighted by molar-refractivity contribution is -0.115. The third kappa shape index (κ3) is 4.18. The normalized spacial score (nSPS) is 11.8. The molecule has 22 heavy (non-hydrogen) atoms. The molecule has 0 fully saturated rings. The third-order valence-corrected chi connectivity index (χ3v) is 4.68. The van der Waals surface area contributed by atoms with Crippen LogP contribution >= 0.6 is 23.4 Å². The van der Waals surface area contributed by atoms with E-state index in [0.717, 1.165) is 10.5 Å². The van der Waals surface area contributed by atoms with E-state index >= 15 is 0 Å². The van der Waals surface area contributed by atoms with Crippen molar-refractivity contribution in [3.63, 3.8) is 0 Å². The second kappa shape index (κ2) is 7.56. The minimum atomic E-state index is -0.219. The summed E-state index contributed by atoms with van der Waals surface area (Å²) in [5.41, 5.74) is 1.52. The molecule has 3 nitrogen and oxygen atoms in total. The molecule has 0 aliphatic heterocycles. The van der Waals surface area contributed by atoms with Gasteiger partial charge in [-0.3, -0.25) is 4.79 Å². The van der Waals surface area contributed by atoms with Gasteiger partial charge in [0.1, 0.15) is 5.75 Å². The van der Waals surface area contributed by atoms with Gasteiger partial charge in [0.2, 0.25) is 5.91 Å². The number of halogens is 1. The van der Waals surface area contributed by atoms with Crippen LogP contribution in [0.1, 0.15) is 12.5 Å². The first-order valence-corrected chi connectivity index (χ1v) is 8.13. The number of benzene rings is 2. The van der Waals surface area contributed by atoms with E-state index < -0.39 is 0 Å². The quantitative estimate of drug-likeness (QED) is 0.799. The summed E-state index contributed by atoms with van der Waals surface area (Å²) in [5, 5.41) is 3.30. The van der Waals surface area contributed by atoms with E-state index in [2.05, 4.69) is 5.32 Å². The number of anilines is 1. The molecule has 2 rings (SSSR count). The van der Waals surface area contributed by atoms with Crippen molar-refractivity contribution < 1.29 is 9.53 Å². The van der Waals surface area contributed by atoms with Gasteiger partial charge in [0.25, 0.3) is 0 Å². The summed E-state index contributed by atoms with van der Waals surface area (Å²) < 4.78 is 5.27. The molecule has 1 N–H and O–H groups in total. The van der Waals surface area contributed by atoms with Gasteiger partial charge in [-0.1, -0.05) is 29.8 Å². The summed E-state index contributed by atoms with van der Waals surface area (Å²) in [7, 11) is 1.55. The molecule has 1 amide bonds. The summed E-state index contributed by atoms with van der Waals surface area (Å²) in [5.74, 6) is 0.481. The second-order valence-electron chi connectivity index (χ2n) is 4.86. The number of nitrogens with one attached hydrogen (secondary N) is 1. The van der Waals surface area contributed by atoms with Gasteiger partial charge in [0.15, 0.2) is 0 Å². The first-order valence-electron chi connectivity index (χ1n) is 6.88. The van der Waals surface area contributed by atoms with Crippen molar-refractivity contribution in [1.29, 1.82) is 0 Å². The van der Waals surface area contributed by atoms with E-state index in [-0.39, 0.29) is 11.2 Å². The van der Waals surface area contributed by atoms with Gasteiger partial charge in [0.05, 0.1) is 18.0 Å². The zero-order chi connectivity index (χ0) is 16.1. The van der Waals surface area contributed by atoms with Crippen molar-refractivity contribution in [3.8, 4) is 5.75 Å². The highest BCUT2D eigenvalue weighted by Crippen LogP contribution is 2.32. The lowest BCUT2D eigenvalue weighted by Crippen LogP contribution is -2.22. The average molecular weight is 336 g/mol. The van der Waals surface area contributed by atoms with E-state index in [4.69, 9.17) is 16.3 Å². The van der Waals surface area contributed by atoms with Crippen molar-refractivity contribution in [1.82, 2.24) is 0 Å². The van der Waals surface area contributed by atoms with Gasteiger partial charge in [-0.25, -0.2) is 0 Å². The molecule has 0 saturated heterocycles. The number of methoxy groups -OCH3 is 1. The Labute approximate surface area is 140 Å². The smallest absolute Gasteiger partial charge is 0.237 e. The topological polar surface area (TPSA) is 38.3 Å². The SMILES string of the molecule is COc1cc(Cl)c(C)cc1NC(=O)C(C)Sc1ccccc1. The number of carbonyl (C=O) groups is 1. The molecule has 0 spiro atoms. The van der Waals surface area contributed by atoms with Gasteiger partial charge in [0, 0.05) is 16.0 Å². The molecule has 0 aliphatic rings. The Kier molecular flexibility index (Phi) is 5.75. The molecule has 1 unspecified atom stereocenters. The highest BCUT2D eigenvalue weighted by molar-refractivity contribution is 8.00. The fourth-order valence-corrected chi connectivity index (χ4v) is 2.96. The number of hydrogen-bond acceptors (Lipinski definition) is 3. The van der Waals surface area contributed by atoms with Crippen LogP contribution < -0.4 is 10.1 Å². The first kappa shape index (κ1) is 16.7. The zero-order valence-electron chi connectivity index (χ0n) is 12.7. The Balaban J connectivity index is 2.10. The maximum Gasteiger partial charge on any atom is 0.237 e. The largest absolute Gasteiger partial charge is 0.495 e. The van der Waals surface area contributed by atoms with Crippen LogP contribution in [0, 0.1) is 6.92 Å². The minimum absolute atomic E-state index is 0.0751. The Morgan fingerprint density at radius 3 is 2.59 bits per heavy atom. The number of carbonyl (C=O) groups excluding carboxylic acids is 1. The van der Waals surface area contributed by atoms with Crippen molar-refractivity contribution in [3.05, 3.63) is 53.1 Å². The Bertz CT molecular complexity index is 661. The molecule has 5 heteroatoms. The van der Waals surface area contributed by atoms with Gasteiger partial charge in [-0.05, 0) is 37.6 Å². The fraction of sp³-hybridized carbons (Fsp3) is 0.235. The predicted octanol–water partition coefficient (Wildman–Crippen LogP) is 4.78. The van der Waals surface area contributed by atoms with Crippen molar-refractivity contribution in [2.75, 3.05) is 12.4 Å². The molecular weight excluding hydrogens is 318 g/mol. The van der Waals surface area contributed by atoms with E-state index in [9.17, 15) is 4.79 Å². The summed E-state index contributed by atoms with van der Waals surface area (Å²) in [4.78, 5) is 13.4. The summed E-state index contributed by atoms with van der Waals surface area (Å²) >= 11 is 7.59. The highest BCUT2D eigenvalue weighted by atomic mass is 35.5. The maximum absolute atomic E-state index is 12.4. The first-order chi connectivity index (χ1) is 10.5. The lowest BCUT2D eigenvalue weighted by Gasteiger charge is -2.15. The van der Waals surface area contributed by atoms with Crippen LogP contribution in [0.5, 0.6) is 5.75 Å². The molecule has 116 valence electrons. The predicted molar refractivity (Wildman–Crippen MR) is 93.1 cm³/mol. The minimum Gasteiger partial charge on any atom is -0.495 e. The lowest BCUT2D eigenvalue weighted by atomic mass is 10.2.